The van der Waals surface area contributed by atoms with E-state index in [2.05, 4.69) is 31.9 Å². The van der Waals surface area contributed by atoms with Crippen LogP contribution in [0, 0.1) is 0 Å². The van der Waals surface area contributed by atoms with E-state index < -0.39 is 18.2 Å². The summed E-state index contributed by atoms with van der Waals surface area (Å²) in [6.07, 6.45) is 0. The van der Waals surface area contributed by atoms with Crippen LogP contribution in [-0.4, -0.2) is 25.3 Å². The van der Waals surface area contributed by atoms with Crippen molar-refractivity contribution < 1.29 is 23.6 Å². The molecule has 0 N–H and O–H groups in total. The predicted molar refractivity (Wildman–Crippen MR) is 124 cm³/mol. The van der Waals surface area contributed by atoms with Gasteiger partial charge in [0, 0.05) is 14.2 Å². The number of hydrogen-bond donors (Lipinski definition) is 0. The Hall–Kier alpha value is -2.21. The SMILES string of the molecule is COc1cccc(OC)c1C(=O)P(=O)(C(=O)c1c(Br)cccc1Br)c1ccccc1. The number of carbonyl (C=O) groups is 2. The largest absolute Gasteiger partial charge is 0.496 e. The summed E-state index contributed by atoms with van der Waals surface area (Å²) in [5.74, 6) is 0.351. The smallest absolute Gasteiger partial charge is 0.249 e. The number of methoxy groups -OCH3 is 2. The van der Waals surface area contributed by atoms with Crippen LogP contribution in [0.15, 0.2) is 75.7 Å². The summed E-state index contributed by atoms with van der Waals surface area (Å²) in [6, 6.07) is 17.8. The summed E-state index contributed by atoms with van der Waals surface area (Å²) in [6.45, 7) is 0. The Morgan fingerprint density at radius 1 is 0.700 bits per heavy atom. The van der Waals surface area contributed by atoms with Gasteiger partial charge in [0.1, 0.15) is 17.1 Å². The van der Waals surface area contributed by atoms with Crippen LogP contribution >= 0.6 is 39.0 Å². The summed E-state index contributed by atoms with van der Waals surface area (Å²) < 4.78 is 25.9. The summed E-state index contributed by atoms with van der Waals surface area (Å²) in [5, 5.41) is 0.135. The van der Waals surface area contributed by atoms with Crippen molar-refractivity contribution in [2.24, 2.45) is 0 Å². The average molecular weight is 552 g/mol. The number of rotatable bonds is 7. The van der Waals surface area contributed by atoms with E-state index in [4.69, 9.17) is 9.47 Å². The Morgan fingerprint density at radius 3 is 1.67 bits per heavy atom. The molecule has 1 atom stereocenters. The Kier molecular flexibility index (Phi) is 6.96. The maximum absolute atomic E-state index is 14.4. The van der Waals surface area contributed by atoms with Crippen LogP contribution in [-0.2, 0) is 4.57 Å². The molecule has 1 unspecified atom stereocenters. The standard InChI is InChI=1S/C22H17Br2O5P/c1-28-17-12-7-13-18(29-2)20(17)22(26)30(27,14-8-4-3-5-9-14)21(25)19-15(23)10-6-11-16(19)24/h3-13H,1-2H3. The van der Waals surface area contributed by atoms with Crippen molar-refractivity contribution in [3.05, 3.63) is 86.8 Å². The molecule has 5 nitrogen and oxygen atoms in total. The van der Waals surface area contributed by atoms with Crippen LogP contribution in [0.1, 0.15) is 20.7 Å². The van der Waals surface area contributed by atoms with Gasteiger partial charge in [0.05, 0.1) is 19.8 Å². The first kappa shape index (κ1) is 22.5. The van der Waals surface area contributed by atoms with Gasteiger partial charge >= 0.3 is 0 Å². The molecule has 0 aliphatic heterocycles. The lowest BCUT2D eigenvalue weighted by Crippen LogP contribution is -2.22. The van der Waals surface area contributed by atoms with E-state index in [9.17, 15) is 14.2 Å². The van der Waals surface area contributed by atoms with Crippen molar-refractivity contribution in [1.82, 2.24) is 0 Å². The van der Waals surface area contributed by atoms with Gasteiger partial charge < -0.3 is 14.0 Å². The van der Waals surface area contributed by atoms with Gasteiger partial charge in [-0.05, 0) is 56.1 Å². The van der Waals surface area contributed by atoms with Gasteiger partial charge in [-0.1, -0.05) is 42.5 Å². The Balaban J connectivity index is 2.32. The quantitative estimate of drug-likeness (QED) is 0.342. The summed E-state index contributed by atoms with van der Waals surface area (Å²) in [5.41, 5.74) is -1.54. The summed E-state index contributed by atoms with van der Waals surface area (Å²) in [7, 11) is -1.54. The number of benzene rings is 3. The van der Waals surface area contributed by atoms with Crippen molar-refractivity contribution >= 4 is 55.4 Å². The van der Waals surface area contributed by atoms with Crippen molar-refractivity contribution in [3.63, 3.8) is 0 Å². The first-order valence-corrected chi connectivity index (χ1v) is 12.1. The minimum atomic E-state index is -4.33. The second-order valence-electron chi connectivity index (χ2n) is 6.19. The van der Waals surface area contributed by atoms with E-state index in [1.807, 2.05) is 0 Å². The van der Waals surface area contributed by atoms with Crippen molar-refractivity contribution in [2.75, 3.05) is 14.2 Å². The minimum absolute atomic E-state index is 0.0359. The van der Waals surface area contributed by atoms with Crippen molar-refractivity contribution in [1.29, 1.82) is 0 Å². The second-order valence-corrected chi connectivity index (χ2v) is 10.4. The molecule has 0 aliphatic rings. The fraction of sp³-hybridized carbons (Fsp3) is 0.0909. The molecule has 3 aromatic rings. The molecule has 0 fully saturated rings. The van der Waals surface area contributed by atoms with Gasteiger partial charge in [-0.25, -0.2) is 0 Å². The van der Waals surface area contributed by atoms with Crippen LogP contribution in [0.4, 0.5) is 0 Å². The van der Waals surface area contributed by atoms with E-state index >= 15 is 0 Å². The van der Waals surface area contributed by atoms with Crippen LogP contribution in [0.25, 0.3) is 0 Å². The molecule has 3 rings (SSSR count). The summed E-state index contributed by atoms with van der Waals surface area (Å²) in [4.78, 5) is 27.5. The van der Waals surface area contributed by atoms with E-state index in [0.717, 1.165) is 0 Å². The molecule has 0 heterocycles. The van der Waals surface area contributed by atoms with Crippen LogP contribution < -0.4 is 14.8 Å². The number of carbonyl (C=O) groups excluding carboxylic acids is 2. The monoisotopic (exact) mass is 550 g/mol. The van der Waals surface area contributed by atoms with Gasteiger partial charge in [0.25, 0.3) is 0 Å². The zero-order valence-corrected chi connectivity index (χ0v) is 20.2. The molecule has 0 saturated carbocycles. The second kappa shape index (κ2) is 9.29. The molecule has 0 amide bonds. The third-order valence-corrected chi connectivity index (χ3v) is 8.45. The lowest BCUT2D eigenvalue weighted by Gasteiger charge is -2.20. The Labute approximate surface area is 191 Å². The number of ether oxygens (including phenoxy) is 2. The highest BCUT2D eigenvalue weighted by Gasteiger charge is 2.46. The molecule has 0 bridgehead atoms. The first-order valence-electron chi connectivity index (χ1n) is 8.76. The van der Waals surface area contributed by atoms with Crippen molar-refractivity contribution in [3.8, 4) is 11.5 Å². The molecule has 0 aliphatic carbocycles. The highest BCUT2D eigenvalue weighted by Crippen LogP contribution is 2.55. The molecule has 30 heavy (non-hydrogen) atoms. The molecular formula is C22H17Br2O5P. The third-order valence-electron chi connectivity index (χ3n) is 4.51. The molecule has 0 radical (unpaired) electrons. The van der Waals surface area contributed by atoms with Gasteiger partial charge in [-0.2, -0.15) is 0 Å². The van der Waals surface area contributed by atoms with Gasteiger partial charge in [-0.3, -0.25) is 9.59 Å². The Morgan fingerprint density at radius 2 is 1.17 bits per heavy atom. The van der Waals surface area contributed by atoms with Crippen LogP contribution in [0.2, 0.25) is 0 Å². The van der Waals surface area contributed by atoms with Crippen molar-refractivity contribution in [2.45, 2.75) is 0 Å². The lowest BCUT2D eigenvalue weighted by molar-refractivity contribution is 0.103. The van der Waals surface area contributed by atoms with E-state index in [0.29, 0.717) is 8.95 Å². The third kappa shape index (κ3) is 3.89. The fourth-order valence-electron chi connectivity index (χ4n) is 3.04. The molecule has 154 valence electrons. The number of hydrogen-bond acceptors (Lipinski definition) is 5. The van der Waals surface area contributed by atoms with Gasteiger partial charge in [0.2, 0.25) is 18.2 Å². The lowest BCUT2D eigenvalue weighted by atomic mass is 10.2. The predicted octanol–water partition coefficient (Wildman–Crippen LogP) is 5.90. The van der Waals surface area contributed by atoms with E-state index in [1.165, 1.54) is 26.4 Å². The van der Waals surface area contributed by atoms with Crippen LogP contribution in [0.3, 0.4) is 0 Å². The van der Waals surface area contributed by atoms with Crippen LogP contribution in [0.5, 0.6) is 11.5 Å². The number of halogens is 2. The summed E-state index contributed by atoms with van der Waals surface area (Å²) >= 11 is 6.68. The Bertz CT molecular complexity index is 1120. The highest BCUT2D eigenvalue weighted by atomic mass is 79.9. The molecule has 3 aromatic carbocycles. The highest BCUT2D eigenvalue weighted by molar-refractivity contribution is 9.11. The molecule has 0 saturated heterocycles. The minimum Gasteiger partial charge on any atom is -0.496 e. The van der Waals surface area contributed by atoms with Gasteiger partial charge in [0.15, 0.2) is 0 Å². The molecule has 0 spiro atoms. The van der Waals surface area contributed by atoms with E-state index in [1.54, 1.807) is 54.6 Å². The normalized spacial score (nSPS) is 12.7. The first-order chi connectivity index (χ1) is 14.4. The molecule has 8 heteroatoms. The topological polar surface area (TPSA) is 69.7 Å². The maximum atomic E-state index is 14.4. The zero-order valence-electron chi connectivity index (χ0n) is 16.1. The van der Waals surface area contributed by atoms with Gasteiger partial charge in [-0.15, -0.1) is 0 Å². The zero-order chi connectivity index (χ0) is 21.9. The fourth-order valence-corrected chi connectivity index (χ4v) is 7.05. The average Bonchev–Trinajstić information content (AvgIpc) is 2.77. The molecular weight excluding hydrogens is 535 g/mol. The molecule has 0 aromatic heterocycles. The maximum Gasteiger partial charge on any atom is 0.249 e. The van der Waals surface area contributed by atoms with E-state index in [-0.39, 0.29) is 27.9 Å².